The van der Waals surface area contributed by atoms with Gasteiger partial charge in [-0.1, -0.05) is 6.07 Å². The number of nitriles is 2. The summed E-state index contributed by atoms with van der Waals surface area (Å²) in [5.74, 6) is -0.867. The molecule has 0 saturated carbocycles. The first-order chi connectivity index (χ1) is 72.1. The van der Waals surface area contributed by atoms with Gasteiger partial charge in [-0.25, -0.2) is 65.3 Å². The van der Waals surface area contributed by atoms with Crippen molar-refractivity contribution in [2.75, 3.05) is 149 Å². The van der Waals surface area contributed by atoms with E-state index in [-0.39, 0.29) is 41.5 Å². The number of anilines is 6. The number of sulfonamides is 4. The molecular formula is C109H119F2N23O11S5. The zero-order valence-electron chi connectivity index (χ0n) is 84.0. The highest BCUT2D eigenvalue weighted by atomic mass is 32.2. The Balaban J connectivity index is 0.000000128. The number of nitrogens with zero attached hydrogens (tertiary/aromatic N) is 17. The molecule has 6 aliphatic rings. The Bertz CT molecular complexity index is 7980. The van der Waals surface area contributed by atoms with E-state index < -0.39 is 62.1 Å². The van der Waals surface area contributed by atoms with E-state index in [2.05, 4.69) is 120 Å². The number of benzene rings is 6. The predicted octanol–water partition coefficient (Wildman–Crippen LogP) is 16.5. The van der Waals surface area contributed by atoms with Crippen LogP contribution in [0.15, 0.2) is 239 Å². The third-order valence-corrected chi connectivity index (χ3v) is 35.7. The number of fused-ring (bicyclic) bond motifs is 5. The summed E-state index contributed by atoms with van der Waals surface area (Å²) in [6.07, 6.45) is 39.5. The normalized spacial score (nSPS) is 16.7. The van der Waals surface area contributed by atoms with E-state index in [0.29, 0.717) is 122 Å². The summed E-state index contributed by atoms with van der Waals surface area (Å²) in [5.41, 5.74) is 22.8. The van der Waals surface area contributed by atoms with Crippen LogP contribution in [-0.4, -0.2) is 259 Å². The molecule has 21 rings (SSSR count). The van der Waals surface area contributed by atoms with Crippen molar-refractivity contribution in [2.45, 2.75) is 115 Å². The maximum Gasteiger partial charge on any atom is 0.282 e. The largest absolute Gasteiger partial charge is 0.397 e. The minimum atomic E-state index is -3.48. The van der Waals surface area contributed by atoms with E-state index in [0.717, 1.165) is 195 Å². The summed E-state index contributed by atoms with van der Waals surface area (Å²) in [4.78, 5) is 37.8. The lowest BCUT2D eigenvalue weighted by Gasteiger charge is -2.36. The SMILES string of the molecule is CCS(=O)(=O)N1CCC(Nc2cc(-c3ccnc(C#N)c3)cc3ccncc23)CC1.CS(=O)(=O)N1CCC(Nc2cc(-c3cncc(N)c3)cc3ccncc23)CC1.Cc1cc(-c2cc(NC3CCN(S(C)(=O)=O)CC3)c3cnccc3c2)cnc1F.Cc1cncc(-c2cc(NC3CCN(S(C)(=O)=O)CC3)c3cnccc3c2)c1.N#Cc1cc(-c2cc(NC3CCN(S(=O)(=O)N4CCOCC4)CC3)c3cnccc3c2)ccc1F. The second-order valence-corrected chi connectivity index (χ2v) is 48.5. The highest BCUT2D eigenvalue weighted by molar-refractivity contribution is 7.89. The number of ether oxygens (including phenoxy) is 1. The zero-order chi connectivity index (χ0) is 106. The molecule has 0 aliphatic carbocycles. The minimum Gasteiger partial charge on any atom is -0.397 e. The van der Waals surface area contributed by atoms with E-state index >= 15 is 0 Å². The third-order valence-electron chi connectivity index (χ3n) is 27.9. The molecule has 6 aromatic carbocycles. The number of nitrogens with two attached hydrogens (primary N) is 1. The van der Waals surface area contributed by atoms with Gasteiger partial charge in [0.25, 0.3) is 10.2 Å². The smallest absolute Gasteiger partial charge is 0.282 e. The molecule has 6 aliphatic heterocycles. The summed E-state index contributed by atoms with van der Waals surface area (Å²) < 4.78 is 163. The monoisotopic (exact) mass is 2120 g/mol. The first-order valence-electron chi connectivity index (χ1n) is 49.8. The highest BCUT2D eigenvalue weighted by Crippen LogP contribution is 2.41. The Morgan fingerprint density at radius 1 is 0.347 bits per heavy atom. The molecule has 150 heavy (non-hydrogen) atoms. The number of hydrogen-bond acceptors (Lipinski definition) is 28. The van der Waals surface area contributed by atoms with Gasteiger partial charge in [-0.3, -0.25) is 34.9 Å². The molecule has 6 saturated heterocycles. The van der Waals surface area contributed by atoms with Crippen LogP contribution in [0, 0.1) is 48.3 Å². The summed E-state index contributed by atoms with van der Waals surface area (Å²) >= 11 is 0. The summed E-state index contributed by atoms with van der Waals surface area (Å²) in [7, 11) is -16.0. The Morgan fingerprint density at radius 2 is 0.687 bits per heavy atom. The molecular weight excluding hydrogens is 2010 g/mol. The standard InChI is InChI=1S/C25H26FN5O3S.C22H23N5O2S.C21H23FN4O2S.C21H24N4O2S.C20H23N5O2S/c26-24-2-1-18(13-21(24)16-27)20-14-19-3-6-28-17-23(19)25(15-20)29-22-4-7-30(8-5-22)35(32,33)31-9-11-34-12-10-31;1-2-30(28,29)27-9-5-19(6-10-27)26-22-13-18(11-17-3-7-24-15-21(17)22)16-4-8-25-20(12-16)14-23;1-14-9-17(12-24-21(14)22)16-10-15-3-6-23-13-19(15)20(11-16)25-18-4-7-26(8-5-18)29(2,27)28;1-15-9-18(13-23-12-15)17-10-16-3-6-22-14-20(16)21(11-17)24-19-4-7-25(8-5-19)28(2,26)27;1-28(26,27)25-6-3-18(4-7-25)24-20-10-15(16-9-17(21)12-23-11-16)8-14-2-5-22-13-19(14)20/h1-3,6,13-15,17,22,29H,4-5,7-12H2;3-4,7-8,11-13,15,19,26H,2,5-6,9-10H2,1H3;3,6,9-13,18,25H,4-5,7-8H2,1-2H3;3,6,9-14,19,24H,4-5,7-8H2,1-2H3;2,5,8-13,18,24H,3-4,6-7,21H2,1H3. The highest BCUT2D eigenvalue weighted by Gasteiger charge is 2.36. The number of piperidine rings is 5. The van der Waals surface area contributed by atoms with Crippen molar-refractivity contribution in [1.82, 2.24) is 70.7 Å². The van der Waals surface area contributed by atoms with Gasteiger partial charge in [-0.15, -0.1) is 0 Å². The van der Waals surface area contributed by atoms with Gasteiger partial charge < -0.3 is 37.1 Å². The van der Waals surface area contributed by atoms with Gasteiger partial charge in [-0.2, -0.15) is 31.9 Å². The second-order valence-electron chi connectivity index (χ2n) is 38.3. The van der Waals surface area contributed by atoms with E-state index in [1.54, 1.807) is 117 Å². The van der Waals surface area contributed by atoms with Gasteiger partial charge in [-0.05, 0) is 290 Å². The molecule has 0 atom stereocenters. The maximum atomic E-state index is 13.9. The fraction of sp³-hybridized carbons (Fsp3) is 0.330. The summed E-state index contributed by atoms with van der Waals surface area (Å²) in [5, 5.41) is 46.7. The molecule has 15 heterocycles. The van der Waals surface area contributed by atoms with Gasteiger partial charge in [0.15, 0.2) is 0 Å². The van der Waals surface area contributed by atoms with Crippen LogP contribution < -0.4 is 32.3 Å². The van der Waals surface area contributed by atoms with Crippen LogP contribution in [0.4, 0.5) is 42.9 Å². The number of pyridine rings is 9. The molecule has 0 radical (unpaired) electrons. The first kappa shape index (κ1) is 107. The average molecular weight is 2130 g/mol. The van der Waals surface area contributed by atoms with Crippen LogP contribution in [0.2, 0.25) is 0 Å². The topological polar surface area (TPSA) is 449 Å². The fourth-order valence-electron chi connectivity index (χ4n) is 19.7. The van der Waals surface area contributed by atoms with Gasteiger partial charge >= 0.3 is 0 Å². The lowest BCUT2D eigenvalue weighted by atomic mass is 9.98. The van der Waals surface area contributed by atoms with Crippen molar-refractivity contribution in [3.05, 3.63) is 273 Å². The van der Waals surface area contributed by atoms with Crippen LogP contribution in [0.1, 0.15) is 93.5 Å². The Morgan fingerprint density at radius 3 is 1.03 bits per heavy atom. The van der Waals surface area contributed by atoms with Crippen LogP contribution in [-0.2, 0) is 55.0 Å². The molecule has 6 fully saturated rings. The predicted molar refractivity (Wildman–Crippen MR) is 587 cm³/mol. The van der Waals surface area contributed by atoms with Crippen LogP contribution in [0.3, 0.4) is 0 Å². The molecule has 7 N–H and O–H groups in total. The number of hydrogen-bond donors (Lipinski definition) is 6. The molecule has 0 amide bonds. The lowest BCUT2D eigenvalue weighted by molar-refractivity contribution is 0.0697. The molecule has 0 spiro atoms. The molecule has 780 valence electrons. The summed E-state index contributed by atoms with van der Waals surface area (Å²) in [6, 6.07) is 49.4. The molecule has 0 unspecified atom stereocenters. The Labute approximate surface area is 873 Å². The van der Waals surface area contributed by atoms with Gasteiger partial charge in [0.2, 0.25) is 46.0 Å². The molecule has 34 nitrogen and oxygen atoms in total. The number of nitrogens with one attached hydrogen (secondary N) is 5. The van der Waals surface area contributed by atoms with Crippen molar-refractivity contribution in [3.63, 3.8) is 0 Å². The van der Waals surface area contributed by atoms with E-state index in [1.807, 2.05) is 117 Å². The molecule has 15 aromatic rings. The maximum absolute atomic E-state index is 13.9. The quantitative estimate of drug-likeness (QED) is 0.0343. The molecule has 41 heteroatoms. The zero-order valence-corrected chi connectivity index (χ0v) is 88.1. The van der Waals surface area contributed by atoms with E-state index in [1.165, 1.54) is 33.4 Å². The van der Waals surface area contributed by atoms with Crippen molar-refractivity contribution in [1.29, 1.82) is 10.5 Å². The van der Waals surface area contributed by atoms with E-state index in [9.17, 15) is 56.1 Å². The Kier molecular flexibility index (Phi) is 34.0. The van der Waals surface area contributed by atoms with Gasteiger partial charge in [0.05, 0.1) is 49.0 Å². The number of morpholine rings is 1. The van der Waals surface area contributed by atoms with Crippen LogP contribution in [0.25, 0.3) is 109 Å². The van der Waals surface area contributed by atoms with Gasteiger partial charge in [0, 0.05) is 286 Å². The number of halogens is 2. The number of aromatic nitrogens is 9. The Hall–Kier alpha value is -13.9. The van der Waals surface area contributed by atoms with Crippen LogP contribution >= 0.6 is 0 Å². The van der Waals surface area contributed by atoms with E-state index in [4.69, 9.17) is 15.7 Å². The first-order valence-corrected chi connectivity index (χ1v) is 58.3. The number of aryl methyl sites for hydroxylation is 2. The van der Waals surface area contributed by atoms with Crippen molar-refractivity contribution in [2.24, 2.45) is 0 Å². The van der Waals surface area contributed by atoms with Crippen molar-refractivity contribution in [3.8, 4) is 67.8 Å². The fourth-order valence-corrected chi connectivity index (χ4v) is 25.0. The number of rotatable bonds is 22. The van der Waals surface area contributed by atoms with Crippen molar-refractivity contribution >= 4 is 138 Å². The lowest BCUT2D eigenvalue weighted by Crippen LogP contribution is -2.51. The average Bonchev–Trinajstić information content (AvgIpc) is 0.774. The second kappa shape index (κ2) is 47.5. The molecule has 0 bridgehead atoms. The number of nitrogen functional groups attached to an aromatic ring is 1. The van der Waals surface area contributed by atoms with Gasteiger partial charge in [0.1, 0.15) is 23.6 Å². The van der Waals surface area contributed by atoms with Crippen LogP contribution in [0.5, 0.6) is 0 Å². The van der Waals surface area contributed by atoms with Crippen molar-refractivity contribution < 1.29 is 55.6 Å². The summed E-state index contributed by atoms with van der Waals surface area (Å²) in [6.45, 7) is 12.2. The molecule has 9 aromatic heterocycles. The third kappa shape index (κ3) is 26.7. The minimum absolute atomic E-state index is 0.000633.